The minimum Gasteiger partial charge on any atom is -0.462 e. The number of hydrogen-bond donors (Lipinski definition) is 2. The second-order valence-electron chi connectivity index (χ2n) is 7.96. The number of esters is 2. The van der Waals surface area contributed by atoms with Gasteiger partial charge in [0.2, 0.25) is 0 Å². The number of carbonyl (C=O) groups excluding carboxylic acids is 2. The number of allylic oxidation sites excluding steroid dienone is 4. The van der Waals surface area contributed by atoms with Crippen molar-refractivity contribution in [2.75, 3.05) is 13.2 Å². The molecule has 0 bridgehead atoms. The molecule has 0 rings (SSSR count). The molecule has 0 aromatic carbocycles. The van der Waals surface area contributed by atoms with Gasteiger partial charge >= 0.3 is 19.8 Å². The number of phosphoric ester groups is 1. The minimum absolute atomic E-state index is 0.195. The molecule has 0 fully saturated rings. The molecule has 0 aliphatic carbocycles. The van der Waals surface area contributed by atoms with Crippen LogP contribution in [0.2, 0.25) is 0 Å². The molecule has 192 valence electrons. The van der Waals surface area contributed by atoms with Crippen LogP contribution in [-0.2, 0) is 28.2 Å². The Morgan fingerprint density at radius 2 is 1.42 bits per heavy atom. The van der Waals surface area contributed by atoms with Crippen LogP contribution in [0.25, 0.3) is 0 Å². The number of hydrogen-bond acceptors (Lipinski definition) is 6. The van der Waals surface area contributed by atoms with Gasteiger partial charge in [-0.25, -0.2) is 4.57 Å². The first-order valence-corrected chi connectivity index (χ1v) is 13.7. The van der Waals surface area contributed by atoms with E-state index in [0.717, 1.165) is 51.4 Å². The summed E-state index contributed by atoms with van der Waals surface area (Å²) in [6.45, 7) is 3.27. The summed E-state index contributed by atoms with van der Waals surface area (Å²) < 4.78 is 25.6. The fraction of sp³-hybridized carbons (Fsp3) is 0.750. The second-order valence-corrected chi connectivity index (χ2v) is 9.20. The topological polar surface area (TPSA) is 119 Å². The summed E-state index contributed by atoms with van der Waals surface area (Å²) in [7, 11) is -4.72. The van der Waals surface area contributed by atoms with Gasteiger partial charge in [0, 0.05) is 12.8 Å². The van der Waals surface area contributed by atoms with Crippen molar-refractivity contribution in [2.45, 2.75) is 103 Å². The standard InChI is InChI=1S/C24H43O8P/c1-3-5-7-8-9-10-11-12-13-14-15-16-17-19-24(26)32-22(21-31-33(27,28)29)20-30-23(25)18-6-4-2/h7-8,10-11,22H,3-6,9,12-21H2,1-2H3,(H2,27,28,29)/b8-7-,11-10-. The van der Waals surface area contributed by atoms with Crippen LogP contribution in [0.5, 0.6) is 0 Å². The fourth-order valence-electron chi connectivity index (χ4n) is 2.86. The molecule has 9 heteroatoms. The normalized spacial score (nSPS) is 13.0. The van der Waals surface area contributed by atoms with Crippen LogP contribution in [0.1, 0.15) is 97.3 Å². The van der Waals surface area contributed by atoms with Gasteiger partial charge in [-0.2, -0.15) is 0 Å². The van der Waals surface area contributed by atoms with Gasteiger partial charge in [0.15, 0.2) is 6.10 Å². The largest absolute Gasteiger partial charge is 0.469 e. The predicted octanol–water partition coefficient (Wildman–Crippen LogP) is 5.77. The minimum atomic E-state index is -4.72. The second kappa shape index (κ2) is 21.1. The van der Waals surface area contributed by atoms with Crippen LogP contribution in [0.15, 0.2) is 24.3 Å². The molecule has 0 radical (unpaired) electrons. The summed E-state index contributed by atoms with van der Waals surface area (Å²) in [5, 5.41) is 0. The Balaban J connectivity index is 4.03. The lowest BCUT2D eigenvalue weighted by Crippen LogP contribution is -2.29. The van der Waals surface area contributed by atoms with E-state index in [1.807, 2.05) is 6.92 Å². The third-order valence-corrected chi connectivity index (χ3v) is 5.19. The van der Waals surface area contributed by atoms with E-state index < -0.39 is 32.5 Å². The monoisotopic (exact) mass is 490 g/mol. The lowest BCUT2D eigenvalue weighted by atomic mass is 10.1. The fourth-order valence-corrected chi connectivity index (χ4v) is 3.22. The van der Waals surface area contributed by atoms with Gasteiger partial charge in [-0.1, -0.05) is 70.3 Å². The van der Waals surface area contributed by atoms with Gasteiger partial charge in [-0.05, 0) is 38.5 Å². The Hall–Kier alpha value is -1.47. The predicted molar refractivity (Wildman–Crippen MR) is 128 cm³/mol. The van der Waals surface area contributed by atoms with E-state index in [9.17, 15) is 14.2 Å². The van der Waals surface area contributed by atoms with Crippen molar-refractivity contribution in [3.05, 3.63) is 24.3 Å². The van der Waals surface area contributed by atoms with Gasteiger partial charge in [0.25, 0.3) is 0 Å². The number of phosphoric acid groups is 1. The van der Waals surface area contributed by atoms with Crippen molar-refractivity contribution in [3.8, 4) is 0 Å². The molecule has 0 saturated heterocycles. The van der Waals surface area contributed by atoms with Gasteiger partial charge in [0.1, 0.15) is 6.61 Å². The van der Waals surface area contributed by atoms with Crippen LogP contribution in [0, 0.1) is 0 Å². The molecule has 2 N–H and O–H groups in total. The van der Waals surface area contributed by atoms with Crippen molar-refractivity contribution in [3.63, 3.8) is 0 Å². The summed E-state index contributed by atoms with van der Waals surface area (Å²) in [6.07, 6.45) is 18.8. The molecule has 8 nitrogen and oxygen atoms in total. The highest BCUT2D eigenvalue weighted by atomic mass is 31.2. The lowest BCUT2D eigenvalue weighted by Gasteiger charge is -2.18. The molecule has 0 aromatic heterocycles. The Labute approximate surface area is 199 Å². The van der Waals surface area contributed by atoms with Gasteiger partial charge < -0.3 is 19.3 Å². The molecule has 1 unspecified atom stereocenters. The lowest BCUT2D eigenvalue weighted by molar-refractivity contribution is -0.161. The Bertz CT molecular complexity index is 612. The molecular weight excluding hydrogens is 447 g/mol. The first kappa shape index (κ1) is 31.5. The molecule has 0 saturated carbocycles. The Morgan fingerprint density at radius 3 is 2.09 bits per heavy atom. The van der Waals surface area contributed by atoms with Gasteiger partial charge in [-0.3, -0.25) is 14.1 Å². The molecule has 0 aliphatic heterocycles. The molecule has 0 aliphatic rings. The van der Waals surface area contributed by atoms with E-state index in [2.05, 4.69) is 35.8 Å². The molecule has 1 atom stereocenters. The van der Waals surface area contributed by atoms with E-state index in [0.29, 0.717) is 12.8 Å². The number of rotatable bonds is 21. The van der Waals surface area contributed by atoms with Gasteiger partial charge in [-0.15, -0.1) is 0 Å². The van der Waals surface area contributed by atoms with E-state index >= 15 is 0 Å². The molecule has 0 amide bonds. The zero-order chi connectivity index (χ0) is 24.8. The molecule has 0 aromatic rings. The first-order valence-electron chi connectivity index (χ1n) is 12.1. The number of ether oxygens (including phenoxy) is 2. The van der Waals surface area contributed by atoms with Gasteiger partial charge in [0.05, 0.1) is 6.61 Å². The van der Waals surface area contributed by atoms with Crippen LogP contribution >= 0.6 is 7.82 Å². The summed E-state index contributed by atoms with van der Waals surface area (Å²) in [5.74, 6) is -0.949. The number of unbranched alkanes of at least 4 members (excludes halogenated alkanes) is 7. The van der Waals surface area contributed by atoms with Crippen molar-refractivity contribution in [1.82, 2.24) is 0 Å². The smallest absolute Gasteiger partial charge is 0.462 e. The zero-order valence-electron chi connectivity index (χ0n) is 20.3. The summed E-state index contributed by atoms with van der Waals surface area (Å²) in [5.41, 5.74) is 0. The quantitative estimate of drug-likeness (QED) is 0.0900. The zero-order valence-corrected chi connectivity index (χ0v) is 21.2. The van der Waals surface area contributed by atoms with E-state index in [-0.39, 0.29) is 19.4 Å². The third kappa shape index (κ3) is 23.5. The van der Waals surface area contributed by atoms with Crippen molar-refractivity contribution >= 4 is 19.8 Å². The summed E-state index contributed by atoms with van der Waals surface area (Å²) in [4.78, 5) is 41.4. The SMILES string of the molecule is CCC/C=C\C/C=C\CCCCCCCC(=O)OC(COC(=O)CCCC)COP(=O)(O)O. The first-order chi connectivity index (χ1) is 15.8. The summed E-state index contributed by atoms with van der Waals surface area (Å²) >= 11 is 0. The van der Waals surface area contributed by atoms with Crippen LogP contribution in [-0.4, -0.2) is 41.0 Å². The average Bonchev–Trinajstić information content (AvgIpc) is 2.76. The van der Waals surface area contributed by atoms with Crippen LogP contribution < -0.4 is 0 Å². The maximum atomic E-state index is 12.1. The number of carbonyl (C=O) groups is 2. The van der Waals surface area contributed by atoms with E-state index in [4.69, 9.17) is 19.3 Å². The van der Waals surface area contributed by atoms with Crippen molar-refractivity contribution in [1.29, 1.82) is 0 Å². The van der Waals surface area contributed by atoms with E-state index in [1.54, 1.807) is 0 Å². The van der Waals surface area contributed by atoms with E-state index in [1.165, 1.54) is 6.42 Å². The Morgan fingerprint density at radius 1 is 0.788 bits per heavy atom. The highest BCUT2D eigenvalue weighted by Crippen LogP contribution is 2.35. The van der Waals surface area contributed by atoms with Crippen LogP contribution in [0.4, 0.5) is 0 Å². The maximum Gasteiger partial charge on any atom is 0.469 e. The third-order valence-electron chi connectivity index (χ3n) is 4.70. The molecule has 0 heterocycles. The van der Waals surface area contributed by atoms with Crippen molar-refractivity contribution in [2.24, 2.45) is 0 Å². The molecular formula is C24H43O8P. The maximum absolute atomic E-state index is 12.1. The summed E-state index contributed by atoms with van der Waals surface area (Å²) in [6, 6.07) is 0. The highest BCUT2D eigenvalue weighted by Gasteiger charge is 2.22. The Kier molecular flexibility index (Phi) is 20.1. The average molecular weight is 491 g/mol. The van der Waals surface area contributed by atoms with Crippen LogP contribution in [0.3, 0.4) is 0 Å². The highest BCUT2D eigenvalue weighted by molar-refractivity contribution is 7.46. The van der Waals surface area contributed by atoms with Crippen molar-refractivity contribution < 1.29 is 37.9 Å². The molecule has 33 heavy (non-hydrogen) atoms. The molecule has 0 spiro atoms.